The van der Waals surface area contributed by atoms with Crippen molar-refractivity contribution in [2.45, 2.75) is 0 Å². The Kier molecular flexibility index (Phi) is 5.83. The first kappa shape index (κ1) is 20.8. The fraction of sp³-hybridized carbons (Fsp3) is 0.0455. The molecular formula is C22H15ClFN3O3S. The van der Waals surface area contributed by atoms with Gasteiger partial charge in [0.25, 0.3) is 5.91 Å². The highest BCUT2D eigenvalue weighted by atomic mass is 35.5. The number of hydrogen-bond acceptors (Lipinski definition) is 5. The van der Waals surface area contributed by atoms with Gasteiger partial charge in [0.2, 0.25) is 5.89 Å². The van der Waals surface area contributed by atoms with Crippen LogP contribution >= 0.6 is 23.8 Å². The van der Waals surface area contributed by atoms with E-state index in [1.165, 1.54) is 19.2 Å². The van der Waals surface area contributed by atoms with E-state index in [0.29, 0.717) is 33.1 Å². The van der Waals surface area contributed by atoms with Crippen molar-refractivity contribution >= 4 is 51.6 Å². The molecule has 0 aliphatic carbocycles. The van der Waals surface area contributed by atoms with E-state index >= 15 is 0 Å². The van der Waals surface area contributed by atoms with Crippen molar-refractivity contribution in [3.8, 4) is 17.2 Å². The van der Waals surface area contributed by atoms with Gasteiger partial charge in [-0.1, -0.05) is 23.7 Å². The van der Waals surface area contributed by atoms with Gasteiger partial charge in [0.05, 0.1) is 17.7 Å². The number of fused-ring (bicyclic) bond motifs is 1. The van der Waals surface area contributed by atoms with Crippen LogP contribution in [0, 0.1) is 5.82 Å². The standard InChI is InChI=1S/C22H15ClFN3O3S/c1-29-18-8-6-12(10-15(18)23)20(28)27-22(31)25-13-7-9-19-17(11-13)26-21(30-19)14-4-2-3-5-16(14)24/h2-11H,1H3,(H2,25,27,28,31). The molecule has 0 bridgehead atoms. The number of amides is 1. The Morgan fingerprint density at radius 2 is 1.97 bits per heavy atom. The first-order valence-corrected chi connectivity index (χ1v) is 9.84. The van der Waals surface area contributed by atoms with Crippen molar-refractivity contribution in [3.63, 3.8) is 0 Å². The van der Waals surface area contributed by atoms with Crippen LogP contribution in [0.5, 0.6) is 5.75 Å². The summed E-state index contributed by atoms with van der Waals surface area (Å²) in [5.74, 6) is -0.201. The van der Waals surface area contributed by atoms with Crippen LogP contribution in [-0.4, -0.2) is 23.1 Å². The maximum atomic E-state index is 14.0. The third-order valence-electron chi connectivity index (χ3n) is 4.39. The molecule has 0 saturated carbocycles. The van der Waals surface area contributed by atoms with Gasteiger partial charge in [0, 0.05) is 11.3 Å². The first-order valence-electron chi connectivity index (χ1n) is 9.06. The van der Waals surface area contributed by atoms with Gasteiger partial charge >= 0.3 is 0 Å². The predicted molar refractivity (Wildman–Crippen MR) is 121 cm³/mol. The number of nitrogens with one attached hydrogen (secondary N) is 2. The van der Waals surface area contributed by atoms with E-state index in [4.69, 9.17) is 33.0 Å². The topological polar surface area (TPSA) is 76.4 Å². The molecule has 0 aliphatic heterocycles. The van der Waals surface area contributed by atoms with Gasteiger partial charge in [-0.2, -0.15) is 0 Å². The van der Waals surface area contributed by atoms with Gasteiger partial charge in [-0.3, -0.25) is 10.1 Å². The third-order valence-corrected chi connectivity index (χ3v) is 4.89. The number of anilines is 1. The molecular weight excluding hydrogens is 441 g/mol. The highest BCUT2D eigenvalue weighted by Crippen LogP contribution is 2.28. The van der Waals surface area contributed by atoms with Crippen LogP contribution < -0.4 is 15.4 Å². The highest BCUT2D eigenvalue weighted by molar-refractivity contribution is 7.80. The molecule has 0 atom stereocenters. The number of ether oxygens (including phenoxy) is 1. The van der Waals surface area contributed by atoms with Crippen LogP contribution in [0.1, 0.15) is 10.4 Å². The van der Waals surface area contributed by atoms with E-state index < -0.39 is 11.7 Å². The van der Waals surface area contributed by atoms with Crippen LogP contribution in [0.15, 0.2) is 65.1 Å². The zero-order valence-corrected chi connectivity index (χ0v) is 17.7. The van der Waals surface area contributed by atoms with Crippen LogP contribution in [0.2, 0.25) is 5.02 Å². The number of hydrogen-bond donors (Lipinski definition) is 2. The minimum absolute atomic E-state index is 0.0918. The molecule has 0 radical (unpaired) electrons. The Bertz CT molecular complexity index is 1310. The molecule has 1 heterocycles. The van der Waals surface area contributed by atoms with Crippen molar-refractivity contribution < 1.29 is 18.3 Å². The summed E-state index contributed by atoms with van der Waals surface area (Å²) in [7, 11) is 1.49. The maximum Gasteiger partial charge on any atom is 0.257 e. The molecule has 31 heavy (non-hydrogen) atoms. The maximum absolute atomic E-state index is 14.0. The highest BCUT2D eigenvalue weighted by Gasteiger charge is 2.14. The molecule has 156 valence electrons. The summed E-state index contributed by atoms with van der Waals surface area (Å²) < 4.78 is 24.7. The second-order valence-electron chi connectivity index (χ2n) is 6.44. The minimum Gasteiger partial charge on any atom is -0.495 e. The fourth-order valence-corrected chi connectivity index (χ4v) is 3.37. The summed E-state index contributed by atoms with van der Waals surface area (Å²) in [6.07, 6.45) is 0. The third kappa shape index (κ3) is 4.50. The number of rotatable bonds is 4. The lowest BCUT2D eigenvalue weighted by atomic mass is 10.2. The molecule has 4 rings (SSSR count). The van der Waals surface area contributed by atoms with E-state index in [0.717, 1.165) is 0 Å². The summed E-state index contributed by atoms with van der Waals surface area (Å²) >= 11 is 11.3. The molecule has 0 saturated heterocycles. The molecule has 0 unspecified atom stereocenters. The lowest BCUT2D eigenvalue weighted by Crippen LogP contribution is -2.34. The number of aromatic nitrogens is 1. The first-order chi connectivity index (χ1) is 14.9. The molecule has 4 aromatic rings. The summed E-state index contributed by atoms with van der Waals surface area (Å²) in [5.41, 5.74) is 2.19. The summed E-state index contributed by atoms with van der Waals surface area (Å²) in [6, 6.07) is 16.0. The lowest BCUT2D eigenvalue weighted by molar-refractivity contribution is 0.0977. The predicted octanol–water partition coefficient (Wildman–Crippen LogP) is 5.42. The SMILES string of the molecule is COc1ccc(C(=O)NC(=S)Nc2ccc3oc(-c4ccccc4F)nc3c2)cc1Cl. The number of halogens is 2. The quantitative estimate of drug-likeness (QED) is 0.400. The second-order valence-corrected chi connectivity index (χ2v) is 7.25. The van der Waals surface area contributed by atoms with Crippen LogP contribution in [0.4, 0.5) is 10.1 Å². The lowest BCUT2D eigenvalue weighted by Gasteiger charge is -2.10. The Morgan fingerprint density at radius 1 is 1.16 bits per heavy atom. The van der Waals surface area contributed by atoms with Gasteiger partial charge < -0.3 is 14.5 Å². The smallest absolute Gasteiger partial charge is 0.257 e. The number of benzene rings is 3. The zero-order chi connectivity index (χ0) is 22.0. The van der Waals surface area contributed by atoms with Crippen molar-refractivity contribution in [1.29, 1.82) is 0 Å². The molecule has 3 aromatic carbocycles. The number of methoxy groups -OCH3 is 1. The second kappa shape index (κ2) is 8.71. The van der Waals surface area contributed by atoms with Crippen LogP contribution in [0.3, 0.4) is 0 Å². The molecule has 1 amide bonds. The van der Waals surface area contributed by atoms with Crippen LogP contribution in [-0.2, 0) is 0 Å². The molecule has 0 fully saturated rings. The Labute approximate surface area is 187 Å². The molecule has 9 heteroatoms. The molecule has 0 aliphatic rings. The Morgan fingerprint density at radius 3 is 2.71 bits per heavy atom. The van der Waals surface area contributed by atoms with Crippen molar-refractivity contribution in [1.82, 2.24) is 10.3 Å². The average Bonchev–Trinajstić information content (AvgIpc) is 3.17. The molecule has 6 nitrogen and oxygen atoms in total. The Hall–Kier alpha value is -3.49. The van der Waals surface area contributed by atoms with E-state index in [1.54, 1.807) is 48.5 Å². The monoisotopic (exact) mass is 455 g/mol. The van der Waals surface area contributed by atoms with Crippen molar-refractivity contribution in [2.75, 3.05) is 12.4 Å². The molecule has 1 aromatic heterocycles. The Balaban J connectivity index is 1.48. The summed E-state index contributed by atoms with van der Waals surface area (Å²) in [4.78, 5) is 16.7. The van der Waals surface area contributed by atoms with Gasteiger partial charge in [0.1, 0.15) is 17.1 Å². The number of thiocarbonyl (C=S) groups is 1. The van der Waals surface area contributed by atoms with Gasteiger partial charge in [-0.25, -0.2) is 9.37 Å². The summed E-state index contributed by atoms with van der Waals surface area (Å²) in [6.45, 7) is 0. The minimum atomic E-state index is -0.425. The van der Waals surface area contributed by atoms with E-state index in [-0.39, 0.29) is 16.6 Å². The van der Waals surface area contributed by atoms with Gasteiger partial charge in [-0.15, -0.1) is 0 Å². The fourth-order valence-electron chi connectivity index (χ4n) is 2.90. The van der Waals surface area contributed by atoms with Gasteiger partial charge in [0.15, 0.2) is 10.7 Å². The zero-order valence-electron chi connectivity index (χ0n) is 16.1. The van der Waals surface area contributed by atoms with E-state index in [9.17, 15) is 9.18 Å². The number of oxazole rings is 1. The van der Waals surface area contributed by atoms with Crippen molar-refractivity contribution in [2.24, 2.45) is 0 Å². The molecule has 2 N–H and O–H groups in total. The largest absolute Gasteiger partial charge is 0.495 e. The summed E-state index contributed by atoms with van der Waals surface area (Å²) in [5, 5.41) is 5.91. The van der Waals surface area contributed by atoms with E-state index in [1.807, 2.05) is 0 Å². The molecule has 0 spiro atoms. The van der Waals surface area contributed by atoms with Gasteiger partial charge in [-0.05, 0) is 60.7 Å². The van der Waals surface area contributed by atoms with Crippen LogP contribution in [0.25, 0.3) is 22.6 Å². The number of carbonyl (C=O) groups is 1. The van der Waals surface area contributed by atoms with E-state index in [2.05, 4.69) is 15.6 Å². The number of nitrogens with zero attached hydrogens (tertiary/aromatic N) is 1. The number of carbonyl (C=O) groups excluding carboxylic acids is 1. The normalized spacial score (nSPS) is 10.7. The van der Waals surface area contributed by atoms with Crippen molar-refractivity contribution in [3.05, 3.63) is 77.1 Å². The average molecular weight is 456 g/mol.